The topological polar surface area (TPSA) is 140 Å². The quantitative estimate of drug-likeness (QED) is 0.163. The van der Waals surface area contributed by atoms with Crippen LogP contribution < -0.4 is 9.64 Å². The molecule has 2 aliphatic heterocycles. The number of aliphatic hydroxyl groups is 5. The molecule has 0 saturated carbocycles. The zero-order valence-corrected chi connectivity index (χ0v) is 25.1. The van der Waals surface area contributed by atoms with Crippen LogP contribution in [0.15, 0.2) is 97.1 Å². The van der Waals surface area contributed by atoms with Gasteiger partial charge >= 0.3 is 0 Å². The van der Waals surface area contributed by atoms with Gasteiger partial charge < -0.3 is 39.9 Å². The second-order valence-electron chi connectivity index (χ2n) is 11.9. The molecule has 5 N–H and O–H groups in total. The molecule has 0 radical (unpaired) electrons. The van der Waals surface area contributed by atoms with Gasteiger partial charge in [0.2, 0.25) is 5.91 Å². The number of hydrogen-bond donors (Lipinski definition) is 5. The van der Waals surface area contributed by atoms with Crippen LogP contribution >= 0.6 is 0 Å². The first-order chi connectivity index (χ1) is 22.6. The molecule has 2 fully saturated rings. The van der Waals surface area contributed by atoms with E-state index in [2.05, 4.69) is 0 Å². The van der Waals surface area contributed by atoms with Crippen molar-refractivity contribution in [2.45, 2.75) is 55.7 Å². The maximum atomic E-state index is 13.7. The highest BCUT2D eigenvalue weighted by Gasteiger charge is 2.48. The van der Waals surface area contributed by atoms with E-state index in [1.807, 2.05) is 30.3 Å². The molecule has 8 atom stereocenters. The Morgan fingerprint density at radius 2 is 1.45 bits per heavy atom. The number of nitrogens with zero attached hydrogens (tertiary/aromatic N) is 1. The van der Waals surface area contributed by atoms with Crippen molar-refractivity contribution in [1.82, 2.24) is 0 Å². The van der Waals surface area contributed by atoms with E-state index in [9.17, 15) is 39.1 Å². The number of amides is 1. The Kier molecular flexibility index (Phi) is 9.65. The summed E-state index contributed by atoms with van der Waals surface area (Å²) in [5.41, 5.74) is 3.65. The summed E-state index contributed by atoms with van der Waals surface area (Å²) in [7, 11) is 0. The van der Waals surface area contributed by atoms with Crippen LogP contribution in [0.3, 0.4) is 0 Å². The van der Waals surface area contributed by atoms with Gasteiger partial charge in [0, 0.05) is 5.69 Å². The van der Waals surface area contributed by atoms with Gasteiger partial charge in [-0.1, -0.05) is 48.5 Å². The van der Waals surface area contributed by atoms with Crippen LogP contribution in [0, 0.1) is 17.6 Å². The fourth-order valence-electron chi connectivity index (χ4n) is 6.18. The molecule has 246 valence electrons. The normalized spacial score (nSPS) is 26.5. The average molecular weight is 648 g/mol. The number of carbonyl (C=O) groups excluding carboxylic acids is 1. The number of ether oxygens (including phenoxy) is 2. The van der Waals surface area contributed by atoms with E-state index in [-0.39, 0.29) is 18.6 Å². The lowest BCUT2D eigenvalue weighted by Gasteiger charge is -2.48. The highest BCUT2D eigenvalue weighted by molar-refractivity contribution is 6.03. The third kappa shape index (κ3) is 6.91. The molecule has 1 amide bonds. The largest absolute Gasteiger partial charge is 0.491 e. The van der Waals surface area contributed by atoms with E-state index in [0.717, 1.165) is 16.7 Å². The Labute approximate surface area is 269 Å². The molecule has 47 heavy (non-hydrogen) atoms. The molecule has 4 aromatic rings. The number of carbonyl (C=O) groups is 1. The van der Waals surface area contributed by atoms with Crippen molar-refractivity contribution in [1.29, 1.82) is 0 Å². The molecule has 2 saturated heterocycles. The third-order valence-corrected chi connectivity index (χ3v) is 8.85. The lowest BCUT2D eigenvalue weighted by molar-refractivity contribution is -0.285. The maximum Gasteiger partial charge on any atom is 0.233 e. The average Bonchev–Trinajstić information content (AvgIpc) is 3.08. The Balaban J connectivity index is 1.17. The molecule has 6 rings (SSSR count). The molecule has 0 aromatic heterocycles. The predicted molar refractivity (Wildman–Crippen MR) is 167 cm³/mol. The Morgan fingerprint density at radius 3 is 2.13 bits per heavy atom. The number of hydrogen-bond acceptors (Lipinski definition) is 8. The smallest absolute Gasteiger partial charge is 0.233 e. The van der Waals surface area contributed by atoms with Crippen LogP contribution in [0.25, 0.3) is 11.1 Å². The van der Waals surface area contributed by atoms with Crippen LogP contribution in [-0.4, -0.2) is 68.8 Å². The maximum absolute atomic E-state index is 13.7. The number of benzene rings is 4. The summed E-state index contributed by atoms with van der Waals surface area (Å²) < 4.78 is 38.0. The lowest BCUT2D eigenvalue weighted by Crippen LogP contribution is -2.58. The molecule has 11 heteroatoms. The van der Waals surface area contributed by atoms with Crippen LogP contribution in [0.5, 0.6) is 5.75 Å². The second-order valence-corrected chi connectivity index (χ2v) is 11.9. The number of halogens is 2. The van der Waals surface area contributed by atoms with Gasteiger partial charge in [-0.05, 0) is 83.6 Å². The van der Waals surface area contributed by atoms with Gasteiger partial charge in [0.15, 0.2) is 6.29 Å². The molecular weight excluding hydrogens is 612 g/mol. The van der Waals surface area contributed by atoms with E-state index in [4.69, 9.17) is 9.47 Å². The Hall–Kier alpha value is -4.23. The number of anilines is 1. The van der Waals surface area contributed by atoms with Gasteiger partial charge in [-0.15, -0.1) is 0 Å². The zero-order chi connectivity index (χ0) is 33.2. The van der Waals surface area contributed by atoms with E-state index in [0.29, 0.717) is 29.8 Å². The summed E-state index contributed by atoms with van der Waals surface area (Å²) in [4.78, 5) is 15.1. The number of β-lactam (4-membered cyclic amide) rings is 1. The van der Waals surface area contributed by atoms with E-state index in [1.54, 1.807) is 35.2 Å². The van der Waals surface area contributed by atoms with E-state index >= 15 is 0 Å². The molecule has 0 unspecified atom stereocenters. The molecule has 0 spiro atoms. The minimum atomic E-state index is -1.66. The highest BCUT2D eigenvalue weighted by Crippen LogP contribution is 2.46. The first-order valence-electron chi connectivity index (χ1n) is 15.3. The Morgan fingerprint density at radius 1 is 0.787 bits per heavy atom. The zero-order valence-electron chi connectivity index (χ0n) is 25.1. The van der Waals surface area contributed by atoms with Crippen molar-refractivity contribution >= 4 is 11.6 Å². The van der Waals surface area contributed by atoms with Crippen molar-refractivity contribution < 1.29 is 48.6 Å². The minimum Gasteiger partial charge on any atom is -0.491 e. The molecule has 0 aliphatic carbocycles. The summed E-state index contributed by atoms with van der Waals surface area (Å²) in [5, 5.41) is 50.3. The fraction of sp³-hybridized carbons (Fsp3) is 0.306. The summed E-state index contributed by atoms with van der Waals surface area (Å²) in [5.74, 6) is -0.935. The minimum absolute atomic E-state index is 0.136. The Bertz CT molecular complexity index is 1670. The fourth-order valence-corrected chi connectivity index (χ4v) is 6.18. The van der Waals surface area contributed by atoms with Gasteiger partial charge in [0.25, 0.3) is 0 Å². The molecule has 2 heterocycles. The SMILES string of the molecule is O=C1[C@H](CC[C@H](O)c2ccc(F)cc2)[C@@H](c2ccc(-c3cccc(OC[C@H]4O[C@@H](O)[C@H](O)[C@@H](O)[C@@H]4O)c3)cc2)N1c1ccc(F)cc1. The first kappa shape index (κ1) is 32.7. The first-order valence-corrected chi connectivity index (χ1v) is 15.3. The van der Waals surface area contributed by atoms with Gasteiger partial charge in [0.1, 0.15) is 48.4 Å². The van der Waals surface area contributed by atoms with E-state index < -0.39 is 54.4 Å². The summed E-state index contributed by atoms with van der Waals surface area (Å²) in [6, 6.07) is 25.8. The highest BCUT2D eigenvalue weighted by atomic mass is 19.1. The van der Waals surface area contributed by atoms with Crippen LogP contribution in [0.4, 0.5) is 14.5 Å². The van der Waals surface area contributed by atoms with Crippen molar-refractivity contribution in [3.05, 3.63) is 120 Å². The van der Waals surface area contributed by atoms with E-state index in [1.165, 1.54) is 36.4 Å². The van der Waals surface area contributed by atoms with Gasteiger partial charge in [-0.2, -0.15) is 0 Å². The molecule has 9 nitrogen and oxygen atoms in total. The van der Waals surface area contributed by atoms with Crippen LogP contribution in [0.1, 0.15) is 36.1 Å². The molecule has 4 aromatic carbocycles. The van der Waals surface area contributed by atoms with Gasteiger partial charge in [0.05, 0.1) is 18.1 Å². The van der Waals surface area contributed by atoms with Gasteiger partial charge in [-0.25, -0.2) is 8.78 Å². The second kappa shape index (κ2) is 13.9. The van der Waals surface area contributed by atoms with Crippen LogP contribution in [-0.2, 0) is 9.53 Å². The van der Waals surface area contributed by atoms with Crippen molar-refractivity contribution in [3.63, 3.8) is 0 Å². The number of aliphatic hydroxyl groups excluding tert-OH is 5. The van der Waals surface area contributed by atoms with Crippen molar-refractivity contribution in [2.24, 2.45) is 5.92 Å². The number of rotatable bonds is 10. The monoisotopic (exact) mass is 647 g/mol. The lowest BCUT2D eigenvalue weighted by atomic mass is 9.78. The summed E-state index contributed by atoms with van der Waals surface area (Å²) in [6.07, 6.45) is -7.57. The summed E-state index contributed by atoms with van der Waals surface area (Å²) in [6.45, 7) is -0.184. The standard InChI is InChI=1S/C36H35F2NO8/c37-24-10-8-21(9-11-24)29(40)17-16-28-31(39(35(28)44)26-14-12-25(38)13-15-26)22-6-4-20(5-7-22)23-2-1-3-27(18-23)46-19-30-32(41)33(42)34(43)36(45)47-30/h1-15,18,28-34,36,40-43,45H,16-17,19H2/t28-,29+,30-,31-,32-,33+,34-,36-/m1/s1. The summed E-state index contributed by atoms with van der Waals surface area (Å²) >= 11 is 0. The molecular formula is C36H35F2NO8. The predicted octanol–water partition coefficient (Wildman–Crippen LogP) is 4.03. The van der Waals surface area contributed by atoms with Crippen molar-refractivity contribution in [3.8, 4) is 16.9 Å². The van der Waals surface area contributed by atoms with Crippen molar-refractivity contribution in [2.75, 3.05) is 11.5 Å². The third-order valence-electron chi connectivity index (χ3n) is 8.85. The van der Waals surface area contributed by atoms with Gasteiger partial charge in [-0.3, -0.25) is 4.79 Å². The molecule has 0 bridgehead atoms. The molecule has 2 aliphatic rings. The van der Waals surface area contributed by atoms with Crippen LogP contribution in [0.2, 0.25) is 0 Å².